The molecular weight excluding hydrogens is 340 g/mol. The first-order valence-electron chi connectivity index (χ1n) is 8.48. The number of nitrogens with zero attached hydrogens (tertiary/aromatic N) is 1. The second kappa shape index (κ2) is 7.10. The molecule has 0 aliphatic rings. The Bertz CT molecular complexity index is 1070. The van der Waals surface area contributed by atoms with Crippen LogP contribution in [-0.4, -0.2) is 10.9 Å². The van der Waals surface area contributed by atoms with E-state index in [2.05, 4.69) is 41.5 Å². The minimum Gasteiger partial charge on any atom is -0.348 e. The van der Waals surface area contributed by atoms with Crippen LogP contribution in [0.5, 0.6) is 0 Å². The number of hydrogen-bond donors (Lipinski definition) is 1. The predicted octanol–water partition coefficient (Wildman–Crippen LogP) is 5.20. The fourth-order valence-electron chi connectivity index (χ4n) is 3.08. The van der Waals surface area contributed by atoms with E-state index in [0.717, 1.165) is 15.8 Å². The number of fused-ring (bicyclic) bond motifs is 1. The molecule has 4 rings (SSSR count). The zero-order chi connectivity index (χ0) is 17.9. The van der Waals surface area contributed by atoms with Gasteiger partial charge in [-0.25, -0.2) is 4.98 Å². The van der Waals surface area contributed by atoms with Crippen molar-refractivity contribution in [3.05, 3.63) is 88.9 Å². The summed E-state index contributed by atoms with van der Waals surface area (Å²) in [4.78, 5) is 16.8. The van der Waals surface area contributed by atoms with Crippen LogP contribution in [0.15, 0.2) is 72.2 Å². The molecule has 0 saturated heterocycles. The molecule has 1 N–H and O–H groups in total. The van der Waals surface area contributed by atoms with Gasteiger partial charge < -0.3 is 5.32 Å². The molecule has 0 aliphatic carbocycles. The number of thiazole rings is 1. The molecule has 128 valence electrons. The maximum absolute atomic E-state index is 12.5. The molecule has 1 heterocycles. The highest BCUT2D eigenvalue weighted by Crippen LogP contribution is 2.25. The summed E-state index contributed by atoms with van der Waals surface area (Å²) in [5.74, 6) is -0.0650. The highest BCUT2D eigenvalue weighted by Gasteiger charge is 2.10. The molecule has 0 radical (unpaired) electrons. The normalized spacial score (nSPS) is 10.8. The number of amides is 1. The summed E-state index contributed by atoms with van der Waals surface area (Å²) in [5.41, 5.74) is 8.09. The van der Waals surface area contributed by atoms with Crippen molar-refractivity contribution >= 4 is 27.5 Å². The highest BCUT2D eigenvalue weighted by molar-refractivity contribution is 7.16. The maximum atomic E-state index is 12.5. The lowest BCUT2D eigenvalue weighted by Gasteiger charge is -2.12. The standard InChI is InChI=1S/C22H18N2OS/c1-15-18(8-5-9-19(15)16-6-3-2-4-7-16)13-23-22(25)17-10-11-20-21(12-17)26-14-24-20/h2-12,14H,13H2,1H3,(H,23,25). The maximum Gasteiger partial charge on any atom is 0.251 e. The first-order valence-corrected chi connectivity index (χ1v) is 9.36. The van der Waals surface area contributed by atoms with Gasteiger partial charge in [-0.15, -0.1) is 11.3 Å². The largest absolute Gasteiger partial charge is 0.348 e. The number of carbonyl (C=O) groups excluding carboxylic acids is 1. The number of aromatic nitrogens is 1. The number of rotatable bonds is 4. The predicted molar refractivity (Wildman–Crippen MR) is 107 cm³/mol. The van der Waals surface area contributed by atoms with Crippen molar-refractivity contribution in [2.24, 2.45) is 0 Å². The van der Waals surface area contributed by atoms with E-state index in [-0.39, 0.29) is 5.91 Å². The second-order valence-electron chi connectivity index (χ2n) is 6.17. The van der Waals surface area contributed by atoms with Gasteiger partial charge in [0.25, 0.3) is 5.91 Å². The van der Waals surface area contributed by atoms with E-state index in [1.165, 1.54) is 16.7 Å². The first kappa shape index (κ1) is 16.5. The summed E-state index contributed by atoms with van der Waals surface area (Å²) >= 11 is 1.54. The number of carbonyl (C=O) groups is 1. The lowest BCUT2D eigenvalue weighted by Crippen LogP contribution is -2.23. The second-order valence-corrected chi connectivity index (χ2v) is 7.06. The van der Waals surface area contributed by atoms with Crippen LogP contribution in [0.25, 0.3) is 21.3 Å². The smallest absolute Gasteiger partial charge is 0.251 e. The SMILES string of the molecule is Cc1c(CNC(=O)c2ccc3ncsc3c2)cccc1-c1ccccc1. The average molecular weight is 358 g/mol. The summed E-state index contributed by atoms with van der Waals surface area (Å²) in [6.07, 6.45) is 0. The van der Waals surface area contributed by atoms with Crippen LogP contribution in [0.3, 0.4) is 0 Å². The van der Waals surface area contributed by atoms with E-state index in [4.69, 9.17) is 0 Å². The van der Waals surface area contributed by atoms with Crippen molar-refractivity contribution in [1.29, 1.82) is 0 Å². The molecule has 3 aromatic carbocycles. The van der Waals surface area contributed by atoms with E-state index in [0.29, 0.717) is 12.1 Å². The molecule has 4 aromatic rings. The van der Waals surface area contributed by atoms with E-state index in [1.807, 2.05) is 42.5 Å². The summed E-state index contributed by atoms with van der Waals surface area (Å²) in [7, 11) is 0. The Hall–Kier alpha value is -2.98. The number of benzene rings is 3. The Morgan fingerprint density at radius 2 is 1.88 bits per heavy atom. The summed E-state index contributed by atoms with van der Waals surface area (Å²) < 4.78 is 1.03. The monoisotopic (exact) mass is 358 g/mol. The van der Waals surface area contributed by atoms with Crippen molar-refractivity contribution in [2.45, 2.75) is 13.5 Å². The Morgan fingerprint density at radius 1 is 1.04 bits per heavy atom. The Morgan fingerprint density at radius 3 is 2.73 bits per heavy atom. The van der Waals surface area contributed by atoms with E-state index in [9.17, 15) is 4.79 Å². The van der Waals surface area contributed by atoms with E-state index >= 15 is 0 Å². The summed E-state index contributed by atoms with van der Waals surface area (Å²) in [5, 5.41) is 3.04. The van der Waals surface area contributed by atoms with Crippen LogP contribution >= 0.6 is 11.3 Å². The fraction of sp³-hybridized carbons (Fsp3) is 0.0909. The first-order chi connectivity index (χ1) is 12.7. The molecule has 0 fully saturated rings. The molecule has 3 nitrogen and oxygen atoms in total. The third kappa shape index (κ3) is 3.24. The third-order valence-electron chi connectivity index (χ3n) is 4.56. The third-order valence-corrected chi connectivity index (χ3v) is 5.36. The molecule has 0 spiro atoms. The minimum atomic E-state index is -0.0650. The van der Waals surface area contributed by atoms with Gasteiger partial charge in [-0.05, 0) is 47.4 Å². The van der Waals surface area contributed by atoms with Crippen LogP contribution < -0.4 is 5.32 Å². The van der Waals surface area contributed by atoms with E-state index in [1.54, 1.807) is 16.8 Å². The van der Waals surface area contributed by atoms with Crippen molar-refractivity contribution in [3.63, 3.8) is 0 Å². The van der Waals surface area contributed by atoms with Crippen molar-refractivity contribution in [1.82, 2.24) is 10.3 Å². The van der Waals surface area contributed by atoms with Gasteiger partial charge in [0.1, 0.15) is 0 Å². The molecule has 0 aliphatic heterocycles. The van der Waals surface area contributed by atoms with Crippen LogP contribution in [0.2, 0.25) is 0 Å². The summed E-state index contributed by atoms with van der Waals surface area (Å²) in [6, 6.07) is 22.1. The van der Waals surface area contributed by atoms with Gasteiger partial charge in [-0.3, -0.25) is 4.79 Å². The Balaban J connectivity index is 1.53. The van der Waals surface area contributed by atoms with Crippen molar-refractivity contribution in [3.8, 4) is 11.1 Å². The summed E-state index contributed by atoms with van der Waals surface area (Å²) in [6.45, 7) is 2.61. The van der Waals surface area contributed by atoms with Gasteiger partial charge in [0.05, 0.1) is 15.7 Å². The lowest BCUT2D eigenvalue weighted by atomic mass is 9.96. The van der Waals surface area contributed by atoms with Gasteiger partial charge in [0, 0.05) is 12.1 Å². The number of hydrogen-bond acceptors (Lipinski definition) is 3. The number of nitrogens with one attached hydrogen (secondary N) is 1. The molecule has 1 amide bonds. The van der Waals surface area contributed by atoms with Gasteiger partial charge in [0.2, 0.25) is 0 Å². The zero-order valence-electron chi connectivity index (χ0n) is 14.4. The molecule has 1 aromatic heterocycles. The Labute approximate surface area is 156 Å². The molecule has 0 saturated carbocycles. The topological polar surface area (TPSA) is 42.0 Å². The molecule has 0 unspecified atom stereocenters. The van der Waals surface area contributed by atoms with Gasteiger partial charge in [0.15, 0.2) is 0 Å². The van der Waals surface area contributed by atoms with Gasteiger partial charge >= 0.3 is 0 Å². The van der Waals surface area contributed by atoms with Crippen molar-refractivity contribution < 1.29 is 4.79 Å². The lowest BCUT2D eigenvalue weighted by molar-refractivity contribution is 0.0951. The van der Waals surface area contributed by atoms with Crippen molar-refractivity contribution in [2.75, 3.05) is 0 Å². The quantitative estimate of drug-likeness (QED) is 0.545. The van der Waals surface area contributed by atoms with Crippen LogP contribution in [-0.2, 0) is 6.54 Å². The van der Waals surface area contributed by atoms with E-state index < -0.39 is 0 Å². The zero-order valence-corrected chi connectivity index (χ0v) is 15.2. The molecule has 26 heavy (non-hydrogen) atoms. The van der Waals surface area contributed by atoms with Gasteiger partial charge in [-0.1, -0.05) is 48.5 Å². The highest BCUT2D eigenvalue weighted by atomic mass is 32.1. The van der Waals surface area contributed by atoms with Crippen LogP contribution in [0, 0.1) is 6.92 Å². The van der Waals surface area contributed by atoms with Gasteiger partial charge in [-0.2, -0.15) is 0 Å². The molecule has 4 heteroatoms. The molecular formula is C22H18N2OS. The van der Waals surface area contributed by atoms with Crippen LogP contribution in [0.4, 0.5) is 0 Å². The molecule has 0 bridgehead atoms. The Kier molecular flexibility index (Phi) is 4.50. The van der Waals surface area contributed by atoms with Crippen LogP contribution in [0.1, 0.15) is 21.5 Å². The molecule has 0 atom stereocenters. The average Bonchev–Trinajstić information content (AvgIpc) is 3.15. The minimum absolute atomic E-state index is 0.0650. The fourth-order valence-corrected chi connectivity index (χ4v) is 3.80.